The lowest BCUT2D eigenvalue weighted by atomic mass is 10.2. The first kappa shape index (κ1) is 12.7. The number of nitrogens with two attached hydrogens (primary N) is 1. The van der Waals surface area contributed by atoms with Gasteiger partial charge in [0.05, 0.1) is 0 Å². The smallest absolute Gasteiger partial charge is 0.422 e. The van der Waals surface area contributed by atoms with Crippen molar-refractivity contribution in [1.82, 2.24) is 0 Å². The third-order valence-corrected chi connectivity index (χ3v) is 1.67. The van der Waals surface area contributed by atoms with Crippen LogP contribution in [0.3, 0.4) is 0 Å². The van der Waals surface area contributed by atoms with E-state index in [1.165, 1.54) is 0 Å². The minimum Gasteiger partial charge on any atom is -0.478 e. The number of rotatable bonds is 3. The summed E-state index contributed by atoms with van der Waals surface area (Å²) in [5, 5.41) is 0. The monoisotopic (exact) mass is 241 g/mol. The minimum atomic E-state index is -4.65. The molecule has 0 saturated heterocycles. The van der Waals surface area contributed by atoms with Crippen LogP contribution in [0, 0.1) is 11.6 Å². The quantitative estimate of drug-likeness (QED) is 0.824. The van der Waals surface area contributed by atoms with Gasteiger partial charge < -0.3 is 10.5 Å². The average molecular weight is 241 g/mol. The van der Waals surface area contributed by atoms with Gasteiger partial charge in [0.1, 0.15) is 0 Å². The van der Waals surface area contributed by atoms with Gasteiger partial charge in [0.2, 0.25) is 0 Å². The lowest BCUT2D eigenvalue weighted by molar-refractivity contribution is -0.154. The Morgan fingerprint density at radius 2 is 1.62 bits per heavy atom. The van der Waals surface area contributed by atoms with E-state index in [0.717, 1.165) is 12.1 Å². The molecule has 0 fully saturated rings. The Balaban J connectivity index is 2.88. The molecule has 0 radical (unpaired) electrons. The second-order valence-electron chi connectivity index (χ2n) is 3.00. The first-order valence-corrected chi connectivity index (χ1v) is 4.21. The fourth-order valence-electron chi connectivity index (χ4n) is 1.02. The van der Waals surface area contributed by atoms with Gasteiger partial charge >= 0.3 is 6.18 Å². The molecule has 0 atom stereocenters. The van der Waals surface area contributed by atoms with E-state index in [0.29, 0.717) is 0 Å². The van der Waals surface area contributed by atoms with Crippen LogP contribution in [0.2, 0.25) is 0 Å². The maximum Gasteiger partial charge on any atom is 0.422 e. The van der Waals surface area contributed by atoms with Crippen molar-refractivity contribution in [3.8, 4) is 5.75 Å². The summed E-state index contributed by atoms with van der Waals surface area (Å²) in [5.74, 6) is -3.45. The normalized spacial score (nSPS) is 11.6. The molecule has 16 heavy (non-hydrogen) atoms. The second kappa shape index (κ2) is 4.65. The van der Waals surface area contributed by atoms with E-state index in [1.807, 2.05) is 0 Å². The van der Waals surface area contributed by atoms with Gasteiger partial charge in [0.15, 0.2) is 24.0 Å². The summed E-state index contributed by atoms with van der Waals surface area (Å²) < 4.78 is 65.5. The summed E-state index contributed by atoms with van der Waals surface area (Å²) in [6.45, 7) is -1.86. The second-order valence-corrected chi connectivity index (χ2v) is 3.00. The van der Waals surface area contributed by atoms with Crippen LogP contribution in [0.4, 0.5) is 22.0 Å². The van der Waals surface area contributed by atoms with Crippen molar-refractivity contribution < 1.29 is 26.7 Å². The molecule has 90 valence electrons. The third kappa shape index (κ3) is 3.34. The highest BCUT2D eigenvalue weighted by Gasteiger charge is 2.29. The summed E-state index contributed by atoms with van der Waals surface area (Å²) in [7, 11) is 0. The van der Waals surface area contributed by atoms with Crippen molar-refractivity contribution in [3.63, 3.8) is 0 Å². The van der Waals surface area contributed by atoms with E-state index in [2.05, 4.69) is 4.74 Å². The molecule has 0 spiro atoms. The first-order valence-electron chi connectivity index (χ1n) is 4.21. The molecule has 0 aliphatic carbocycles. The number of alkyl halides is 3. The Bertz CT molecular complexity index is 354. The molecule has 0 amide bonds. The lowest BCUT2D eigenvalue weighted by Crippen LogP contribution is -2.20. The Kier molecular flexibility index (Phi) is 3.69. The summed E-state index contributed by atoms with van der Waals surface area (Å²) in [4.78, 5) is 0. The number of hydrogen-bond acceptors (Lipinski definition) is 2. The molecule has 0 heterocycles. The zero-order valence-corrected chi connectivity index (χ0v) is 7.94. The molecule has 1 aromatic rings. The first-order chi connectivity index (χ1) is 7.33. The molecule has 2 nitrogen and oxygen atoms in total. The van der Waals surface area contributed by atoms with Gasteiger partial charge in [-0.1, -0.05) is 0 Å². The van der Waals surface area contributed by atoms with Gasteiger partial charge in [-0.25, -0.2) is 8.78 Å². The number of ether oxygens (including phenoxy) is 1. The lowest BCUT2D eigenvalue weighted by Gasteiger charge is -2.11. The molecular weight excluding hydrogens is 233 g/mol. The van der Waals surface area contributed by atoms with Crippen molar-refractivity contribution >= 4 is 0 Å². The number of halogens is 5. The molecule has 2 N–H and O–H groups in total. The highest BCUT2D eigenvalue weighted by molar-refractivity contribution is 5.31. The van der Waals surface area contributed by atoms with Crippen molar-refractivity contribution in [1.29, 1.82) is 0 Å². The Labute approximate surface area is 87.8 Å². The summed E-state index contributed by atoms with van der Waals surface area (Å²) in [6, 6.07) is 1.66. The standard InChI is InChI=1S/C9H8F5NO/c10-6-1-5(3-15)2-7(11)8(6)16-4-9(12,13)14/h1-2H,3-4,15H2. The van der Waals surface area contributed by atoms with Crippen molar-refractivity contribution in [2.75, 3.05) is 6.61 Å². The molecule has 0 aromatic heterocycles. The van der Waals surface area contributed by atoms with Crippen LogP contribution in [-0.2, 0) is 6.54 Å². The maximum absolute atomic E-state index is 13.1. The van der Waals surface area contributed by atoms with E-state index < -0.39 is 30.2 Å². The zero-order chi connectivity index (χ0) is 12.3. The summed E-state index contributed by atoms with van der Waals surface area (Å²) in [6.07, 6.45) is -4.65. The van der Waals surface area contributed by atoms with Crippen LogP contribution in [0.1, 0.15) is 5.56 Å². The fourth-order valence-corrected chi connectivity index (χ4v) is 1.02. The predicted molar refractivity (Wildman–Crippen MR) is 45.8 cm³/mol. The molecule has 1 aromatic carbocycles. The summed E-state index contributed by atoms with van der Waals surface area (Å²) >= 11 is 0. The third-order valence-electron chi connectivity index (χ3n) is 1.67. The van der Waals surface area contributed by atoms with Crippen LogP contribution in [-0.4, -0.2) is 12.8 Å². The van der Waals surface area contributed by atoms with Gasteiger partial charge in [0.25, 0.3) is 0 Å². The predicted octanol–water partition coefficient (Wildman–Crippen LogP) is 2.36. The zero-order valence-electron chi connectivity index (χ0n) is 7.94. The molecule has 1 rings (SSSR count). The van der Waals surface area contributed by atoms with Gasteiger partial charge in [-0.2, -0.15) is 13.2 Å². The fraction of sp³-hybridized carbons (Fsp3) is 0.333. The van der Waals surface area contributed by atoms with Gasteiger partial charge in [-0.3, -0.25) is 0 Å². The Morgan fingerprint density at radius 3 is 2.00 bits per heavy atom. The molecule has 0 bridgehead atoms. The molecule has 0 aliphatic rings. The SMILES string of the molecule is NCc1cc(F)c(OCC(F)(F)F)c(F)c1. The van der Waals surface area contributed by atoms with E-state index in [-0.39, 0.29) is 12.1 Å². The van der Waals surface area contributed by atoms with E-state index in [9.17, 15) is 22.0 Å². The molecule has 7 heteroatoms. The van der Waals surface area contributed by atoms with Crippen LogP contribution in [0.5, 0.6) is 5.75 Å². The van der Waals surface area contributed by atoms with Crippen LogP contribution in [0.25, 0.3) is 0 Å². The summed E-state index contributed by atoms with van der Waals surface area (Å²) in [5.41, 5.74) is 5.26. The molecule has 0 unspecified atom stereocenters. The van der Waals surface area contributed by atoms with Crippen molar-refractivity contribution in [2.45, 2.75) is 12.7 Å². The minimum absolute atomic E-state index is 0.118. The van der Waals surface area contributed by atoms with Crippen molar-refractivity contribution in [2.24, 2.45) is 5.73 Å². The van der Waals surface area contributed by atoms with E-state index in [4.69, 9.17) is 5.73 Å². The van der Waals surface area contributed by atoms with Gasteiger partial charge in [0, 0.05) is 6.54 Å². The van der Waals surface area contributed by atoms with Crippen LogP contribution >= 0.6 is 0 Å². The van der Waals surface area contributed by atoms with Crippen molar-refractivity contribution in [3.05, 3.63) is 29.3 Å². The molecule has 0 saturated carbocycles. The molecule has 0 aliphatic heterocycles. The number of hydrogen-bond donors (Lipinski definition) is 1. The Hall–Kier alpha value is -1.37. The number of benzene rings is 1. The Morgan fingerprint density at radius 1 is 1.12 bits per heavy atom. The maximum atomic E-state index is 13.1. The highest BCUT2D eigenvalue weighted by atomic mass is 19.4. The van der Waals surface area contributed by atoms with Gasteiger partial charge in [-0.15, -0.1) is 0 Å². The van der Waals surface area contributed by atoms with Crippen LogP contribution in [0.15, 0.2) is 12.1 Å². The van der Waals surface area contributed by atoms with Gasteiger partial charge in [-0.05, 0) is 17.7 Å². The molecular formula is C9H8F5NO. The largest absolute Gasteiger partial charge is 0.478 e. The topological polar surface area (TPSA) is 35.2 Å². The average Bonchev–Trinajstić information content (AvgIpc) is 2.14. The van der Waals surface area contributed by atoms with E-state index >= 15 is 0 Å². The van der Waals surface area contributed by atoms with Crippen LogP contribution < -0.4 is 10.5 Å². The highest BCUT2D eigenvalue weighted by Crippen LogP contribution is 2.25. The van der Waals surface area contributed by atoms with E-state index in [1.54, 1.807) is 0 Å².